The van der Waals surface area contributed by atoms with Gasteiger partial charge in [-0.25, -0.2) is 0 Å². The minimum absolute atomic E-state index is 0.536. The molecule has 0 aliphatic heterocycles. The molecule has 0 saturated heterocycles. The second-order valence-electron chi connectivity index (χ2n) is 3.11. The molecule has 0 atom stereocenters. The van der Waals surface area contributed by atoms with Crippen LogP contribution >= 0.6 is 0 Å². The second kappa shape index (κ2) is 7.07. The van der Waals surface area contributed by atoms with E-state index in [1.165, 1.54) is 38.5 Å². The lowest BCUT2D eigenvalue weighted by Crippen LogP contribution is -2.22. The third kappa shape index (κ3) is 6.09. The van der Waals surface area contributed by atoms with Crippen molar-refractivity contribution in [3.05, 3.63) is 0 Å². The van der Waals surface area contributed by atoms with Crippen molar-refractivity contribution in [1.29, 1.82) is 0 Å². The first kappa shape index (κ1) is 9.96. The summed E-state index contributed by atoms with van der Waals surface area (Å²) in [5.41, 5.74) is 5.63. The fraction of sp³-hybridized carbons (Fsp3) is 1.00. The van der Waals surface area contributed by atoms with Gasteiger partial charge in [-0.3, -0.25) is 0 Å². The fourth-order valence-electron chi connectivity index (χ4n) is 1.13. The summed E-state index contributed by atoms with van der Waals surface area (Å²) >= 11 is 0. The molecule has 0 aromatic carbocycles. The molecule has 10 heavy (non-hydrogen) atoms. The molecule has 0 spiro atoms. The van der Waals surface area contributed by atoms with Crippen LogP contribution < -0.4 is 5.73 Å². The molecular formula is C9H21N. The first-order valence-corrected chi connectivity index (χ1v) is 4.56. The average molecular weight is 143 g/mol. The Kier molecular flexibility index (Phi) is 7.04. The average Bonchev–Trinajstić information content (AvgIpc) is 1.91. The quantitative estimate of drug-likeness (QED) is 0.554. The van der Waals surface area contributed by atoms with E-state index in [9.17, 15) is 0 Å². The highest BCUT2D eigenvalue weighted by Gasteiger charge is 2.06. The smallest absolute Gasteiger partial charge is 0.00388 e. The molecule has 0 radical (unpaired) electrons. The van der Waals surface area contributed by atoms with Gasteiger partial charge in [-0.15, -0.1) is 0 Å². The molecule has 0 aromatic rings. The van der Waals surface area contributed by atoms with Crippen LogP contribution in [-0.4, -0.2) is 6.04 Å². The maximum Gasteiger partial charge on any atom is 0.00388 e. The van der Waals surface area contributed by atoms with E-state index in [-0.39, 0.29) is 0 Å². The van der Waals surface area contributed by atoms with Crippen LogP contribution in [0.1, 0.15) is 52.4 Å². The van der Waals surface area contributed by atoms with Gasteiger partial charge in [-0.1, -0.05) is 39.5 Å². The molecule has 0 bridgehead atoms. The molecular weight excluding hydrogens is 122 g/mol. The Balaban J connectivity index is 0.000000236. The summed E-state index contributed by atoms with van der Waals surface area (Å²) in [5.74, 6) is 0. The van der Waals surface area contributed by atoms with Gasteiger partial charge in [0.05, 0.1) is 0 Å². The Morgan fingerprint density at radius 3 is 1.70 bits per heavy atom. The predicted molar refractivity (Wildman–Crippen MR) is 47.0 cm³/mol. The van der Waals surface area contributed by atoms with Crippen molar-refractivity contribution in [3.8, 4) is 0 Å². The van der Waals surface area contributed by atoms with E-state index < -0.39 is 0 Å². The lowest BCUT2D eigenvalue weighted by molar-refractivity contribution is 0.441. The van der Waals surface area contributed by atoms with E-state index >= 15 is 0 Å². The van der Waals surface area contributed by atoms with E-state index in [0.717, 1.165) is 0 Å². The van der Waals surface area contributed by atoms with Crippen LogP contribution in [0.25, 0.3) is 0 Å². The highest BCUT2D eigenvalue weighted by molar-refractivity contribution is 4.66. The van der Waals surface area contributed by atoms with Crippen molar-refractivity contribution in [2.24, 2.45) is 5.73 Å². The number of nitrogens with two attached hydrogens (primary N) is 1. The van der Waals surface area contributed by atoms with Crippen LogP contribution in [0.4, 0.5) is 0 Å². The Hall–Kier alpha value is -0.0400. The minimum Gasteiger partial charge on any atom is -0.328 e. The van der Waals surface area contributed by atoms with Gasteiger partial charge in [0.15, 0.2) is 0 Å². The van der Waals surface area contributed by atoms with Gasteiger partial charge in [0, 0.05) is 6.04 Å². The summed E-state index contributed by atoms with van der Waals surface area (Å²) < 4.78 is 0. The van der Waals surface area contributed by atoms with Crippen molar-refractivity contribution in [1.82, 2.24) is 0 Å². The summed E-state index contributed by atoms with van der Waals surface area (Å²) in [6.07, 6.45) is 7.91. The van der Waals surface area contributed by atoms with Gasteiger partial charge in [-0.2, -0.15) is 0 Å². The Bertz CT molecular complexity index is 55.7. The molecule has 1 heteroatoms. The molecule has 1 saturated carbocycles. The van der Waals surface area contributed by atoms with Gasteiger partial charge in [0.1, 0.15) is 0 Å². The molecule has 2 N–H and O–H groups in total. The highest BCUT2D eigenvalue weighted by atomic mass is 14.6. The zero-order valence-corrected chi connectivity index (χ0v) is 7.40. The molecule has 1 rings (SSSR count). The van der Waals surface area contributed by atoms with Gasteiger partial charge < -0.3 is 5.73 Å². The van der Waals surface area contributed by atoms with E-state index in [1.807, 2.05) is 0 Å². The van der Waals surface area contributed by atoms with Gasteiger partial charge in [0.2, 0.25) is 0 Å². The molecule has 0 amide bonds. The summed E-state index contributed by atoms with van der Waals surface area (Å²) in [5, 5.41) is 0. The Morgan fingerprint density at radius 1 is 1.10 bits per heavy atom. The van der Waals surface area contributed by atoms with Crippen molar-refractivity contribution >= 4 is 0 Å². The van der Waals surface area contributed by atoms with Crippen LogP contribution in [0.3, 0.4) is 0 Å². The van der Waals surface area contributed by atoms with Gasteiger partial charge in [0.25, 0.3) is 0 Å². The Morgan fingerprint density at radius 2 is 1.50 bits per heavy atom. The summed E-state index contributed by atoms with van der Waals surface area (Å²) in [4.78, 5) is 0. The van der Waals surface area contributed by atoms with Crippen molar-refractivity contribution in [3.63, 3.8) is 0 Å². The zero-order chi connectivity index (χ0) is 7.82. The maximum atomic E-state index is 5.63. The highest BCUT2D eigenvalue weighted by Crippen LogP contribution is 2.14. The summed E-state index contributed by atoms with van der Waals surface area (Å²) in [6, 6.07) is 0.536. The van der Waals surface area contributed by atoms with Crippen LogP contribution in [0.2, 0.25) is 0 Å². The molecule has 0 unspecified atom stereocenters. The van der Waals surface area contributed by atoms with Gasteiger partial charge >= 0.3 is 0 Å². The Labute approximate surface area is 65.0 Å². The van der Waals surface area contributed by atoms with Crippen LogP contribution in [0, 0.1) is 0 Å². The first-order chi connectivity index (χ1) is 4.81. The minimum atomic E-state index is 0.536. The fourth-order valence-corrected chi connectivity index (χ4v) is 1.13. The van der Waals surface area contributed by atoms with E-state index in [0.29, 0.717) is 6.04 Å². The third-order valence-corrected chi connectivity index (χ3v) is 1.65. The predicted octanol–water partition coefficient (Wildman–Crippen LogP) is 2.69. The molecule has 0 aromatic heterocycles. The van der Waals surface area contributed by atoms with Crippen LogP contribution in [0.15, 0.2) is 0 Å². The van der Waals surface area contributed by atoms with Crippen molar-refractivity contribution in [2.75, 3.05) is 0 Å². The molecule has 62 valence electrons. The largest absolute Gasteiger partial charge is 0.328 e. The molecule has 1 aliphatic rings. The monoisotopic (exact) mass is 143 g/mol. The maximum absolute atomic E-state index is 5.63. The molecule has 1 nitrogen and oxygen atoms in total. The number of rotatable bonds is 0. The van der Waals surface area contributed by atoms with Crippen LogP contribution in [-0.2, 0) is 0 Å². The standard InChI is InChI=1S/C6H13N.C3H8/c7-6-4-2-1-3-5-6;1-3-2/h6H,1-5,7H2;3H2,1-2H3. The lowest BCUT2D eigenvalue weighted by atomic mass is 9.97. The van der Waals surface area contributed by atoms with E-state index in [4.69, 9.17) is 5.73 Å². The summed E-state index contributed by atoms with van der Waals surface area (Å²) in [6.45, 7) is 4.25. The SMILES string of the molecule is CCC.NC1CCCCC1. The topological polar surface area (TPSA) is 26.0 Å². The second-order valence-corrected chi connectivity index (χ2v) is 3.11. The van der Waals surface area contributed by atoms with E-state index in [2.05, 4.69) is 13.8 Å². The van der Waals surface area contributed by atoms with Gasteiger partial charge in [-0.05, 0) is 12.8 Å². The molecule has 0 heterocycles. The third-order valence-electron chi connectivity index (χ3n) is 1.65. The number of hydrogen-bond acceptors (Lipinski definition) is 1. The summed E-state index contributed by atoms with van der Waals surface area (Å²) in [7, 11) is 0. The molecule has 1 aliphatic carbocycles. The normalized spacial score (nSPS) is 19.5. The first-order valence-electron chi connectivity index (χ1n) is 4.56. The molecule has 1 fully saturated rings. The number of hydrogen-bond donors (Lipinski definition) is 1. The van der Waals surface area contributed by atoms with Crippen LogP contribution in [0.5, 0.6) is 0 Å². The van der Waals surface area contributed by atoms with E-state index in [1.54, 1.807) is 0 Å². The zero-order valence-electron chi connectivity index (χ0n) is 7.40. The van der Waals surface area contributed by atoms with Crippen molar-refractivity contribution < 1.29 is 0 Å². The lowest BCUT2D eigenvalue weighted by Gasteiger charge is -2.15. The van der Waals surface area contributed by atoms with Crippen molar-refractivity contribution in [2.45, 2.75) is 58.4 Å².